The van der Waals surface area contributed by atoms with E-state index in [9.17, 15) is 0 Å². The summed E-state index contributed by atoms with van der Waals surface area (Å²) in [5.41, 5.74) is 0.490. The maximum absolute atomic E-state index is 6.06. The summed E-state index contributed by atoms with van der Waals surface area (Å²) in [5.74, 6) is 0.538. The van der Waals surface area contributed by atoms with Gasteiger partial charge in [-0.15, -0.1) is 0 Å². The molecule has 1 aromatic carbocycles. The maximum Gasteiger partial charge on any atom is 0.219 e. The Labute approximate surface area is 98.9 Å². The van der Waals surface area contributed by atoms with E-state index in [1.165, 1.54) is 0 Å². The Kier molecular flexibility index (Phi) is 2.65. The standard InChI is InChI=1S/C11H11Cl2NO/c1-11(2)6-15-10(14-11)9-7(12)4-3-5-8(9)13/h3-5H,6H2,1-2H3. The van der Waals surface area contributed by atoms with E-state index in [0.717, 1.165) is 0 Å². The third-order valence-electron chi connectivity index (χ3n) is 2.14. The minimum Gasteiger partial charge on any atom is -0.475 e. The van der Waals surface area contributed by atoms with Crippen LogP contribution in [0.4, 0.5) is 0 Å². The van der Waals surface area contributed by atoms with Gasteiger partial charge in [-0.05, 0) is 26.0 Å². The van der Waals surface area contributed by atoms with Crippen molar-refractivity contribution in [3.8, 4) is 0 Å². The smallest absolute Gasteiger partial charge is 0.219 e. The molecule has 0 radical (unpaired) electrons. The molecule has 0 saturated carbocycles. The highest BCUT2D eigenvalue weighted by atomic mass is 35.5. The molecule has 0 unspecified atom stereocenters. The molecule has 0 saturated heterocycles. The van der Waals surface area contributed by atoms with Crippen molar-refractivity contribution in [1.29, 1.82) is 0 Å². The summed E-state index contributed by atoms with van der Waals surface area (Å²) in [4.78, 5) is 4.44. The Morgan fingerprint density at radius 2 is 1.87 bits per heavy atom. The van der Waals surface area contributed by atoms with E-state index in [1.54, 1.807) is 18.2 Å². The topological polar surface area (TPSA) is 21.6 Å². The van der Waals surface area contributed by atoms with Gasteiger partial charge >= 0.3 is 0 Å². The fraction of sp³-hybridized carbons (Fsp3) is 0.364. The van der Waals surface area contributed by atoms with Gasteiger partial charge in [-0.2, -0.15) is 0 Å². The molecule has 1 aliphatic heterocycles. The largest absolute Gasteiger partial charge is 0.475 e. The highest BCUT2D eigenvalue weighted by molar-refractivity contribution is 6.39. The molecular formula is C11H11Cl2NO. The summed E-state index contributed by atoms with van der Waals surface area (Å²) in [7, 11) is 0. The minimum absolute atomic E-state index is 0.197. The summed E-state index contributed by atoms with van der Waals surface area (Å²) in [6, 6.07) is 5.36. The van der Waals surface area contributed by atoms with Gasteiger partial charge in [0.2, 0.25) is 5.90 Å². The minimum atomic E-state index is -0.197. The number of halogens is 2. The quantitative estimate of drug-likeness (QED) is 0.740. The highest BCUT2D eigenvalue weighted by Gasteiger charge is 2.29. The monoisotopic (exact) mass is 243 g/mol. The molecule has 80 valence electrons. The van der Waals surface area contributed by atoms with Crippen molar-refractivity contribution in [2.24, 2.45) is 4.99 Å². The van der Waals surface area contributed by atoms with Crippen LogP contribution in [-0.4, -0.2) is 18.0 Å². The van der Waals surface area contributed by atoms with Crippen LogP contribution in [-0.2, 0) is 4.74 Å². The molecular weight excluding hydrogens is 233 g/mol. The highest BCUT2D eigenvalue weighted by Crippen LogP contribution is 2.29. The molecule has 0 N–H and O–H groups in total. The lowest BCUT2D eigenvalue weighted by atomic mass is 10.1. The summed E-state index contributed by atoms with van der Waals surface area (Å²) in [6.07, 6.45) is 0. The first kappa shape index (κ1) is 10.8. The molecule has 4 heteroatoms. The number of nitrogens with zero attached hydrogens (tertiary/aromatic N) is 1. The Balaban J connectivity index is 2.48. The predicted molar refractivity (Wildman–Crippen MR) is 63.0 cm³/mol. The van der Waals surface area contributed by atoms with Gasteiger partial charge in [0.15, 0.2) is 0 Å². The van der Waals surface area contributed by atoms with E-state index >= 15 is 0 Å². The van der Waals surface area contributed by atoms with Crippen LogP contribution >= 0.6 is 23.2 Å². The van der Waals surface area contributed by atoms with E-state index in [4.69, 9.17) is 27.9 Å². The van der Waals surface area contributed by atoms with Crippen molar-refractivity contribution in [2.45, 2.75) is 19.4 Å². The van der Waals surface area contributed by atoms with Crippen molar-refractivity contribution < 1.29 is 4.74 Å². The zero-order valence-electron chi connectivity index (χ0n) is 8.55. The third kappa shape index (κ3) is 2.11. The summed E-state index contributed by atoms with van der Waals surface area (Å²) in [5, 5.41) is 1.14. The fourth-order valence-corrected chi connectivity index (χ4v) is 1.97. The van der Waals surface area contributed by atoms with Crippen LogP contribution < -0.4 is 0 Å². The average molecular weight is 244 g/mol. The first-order valence-corrected chi connectivity index (χ1v) is 5.42. The number of hydrogen-bond donors (Lipinski definition) is 0. The van der Waals surface area contributed by atoms with Crippen molar-refractivity contribution in [2.75, 3.05) is 6.61 Å². The Morgan fingerprint density at radius 3 is 2.33 bits per heavy atom. The summed E-state index contributed by atoms with van der Waals surface area (Å²) >= 11 is 12.1. The Morgan fingerprint density at radius 1 is 1.27 bits per heavy atom. The fourth-order valence-electron chi connectivity index (χ4n) is 1.41. The normalized spacial score (nSPS) is 18.5. The van der Waals surface area contributed by atoms with Crippen LogP contribution in [0.15, 0.2) is 23.2 Å². The van der Waals surface area contributed by atoms with Crippen LogP contribution in [0.25, 0.3) is 0 Å². The molecule has 0 aromatic heterocycles. The van der Waals surface area contributed by atoms with Gasteiger partial charge in [-0.1, -0.05) is 29.3 Å². The molecule has 1 aromatic rings. The SMILES string of the molecule is CC1(C)COC(c2c(Cl)cccc2Cl)=N1. The lowest BCUT2D eigenvalue weighted by Crippen LogP contribution is -2.17. The van der Waals surface area contributed by atoms with Crippen LogP contribution in [0.2, 0.25) is 10.0 Å². The number of aliphatic imine (C=N–C) groups is 1. The number of rotatable bonds is 1. The number of ether oxygens (including phenoxy) is 1. The van der Waals surface area contributed by atoms with Gasteiger partial charge in [-0.3, -0.25) is 0 Å². The number of benzene rings is 1. The predicted octanol–water partition coefficient (Wildman–Crippen LogP) is 3.55. The molecule has 0 spiro atoms. The zero-order chi connectivity index (χ0) is 11.1. The van der Waals surface area contributed by atoms with E-state index in [-0.39, 0.29) is 5.54 Å². The third-order valence-corrected chi connectivity index (χ3v) is 2.77. The van der Waals surface area contributed by atoms with E-state index in [0.29, 0.717) is 28.1 Å². The molecule has 2 nitrogen and oxygen atoms in total. The van der Waals surface area contributed by atoms with Crippen molar-refractivity contribution in [1.82, 2.24) is 0 Å². The lowest BCUT2D eigenvalue weighted by molar-refractivity contribution is 0.279. The molecule has 0 atom stereocenters. The van der Waals surface area contributed by atoms with Gasteiger partial charge in [0.1, 0.15) is 6.61 Å². The molecule has 1 aliphatic rings. The number of hydrogen-bond acceptors (Lipinski definition) is 2. The Bertz CT molecular complexity index is 406. The molecule has 0 amide bonds. The summed E-state index contributed by atoms with van der Waals surface area (Å²) in [6.45, 7) is 4.57. The van der Waals surface area contributed by atoms with Gasteiger partial charge in [-0.25, -0.2) is 4.99 Å². The van der Waals surface area contributed by atoms with Gasteiger partial charge in [0, 0.05) is 0 Å². The maximum atomic E-state index is 6.06. The van der Waals surface area contributed by atoms with Crippen molar-refractivity contribution in [3.63, 3.8) is 0 Å². The first-order chi connectivity index (χ1) is 6.99. The van der Waals surface area contributed by atoms with Gasteiger partial charge < -0.3 is 4.74 Å². The molecule has 0 aliphatic carbocycles. The van der Waals surface area contributed by atoms with Crippen molar-refractivity contribution in [3.05, 3.63) is 33.8 Å². The molecule has 1 heterocycles. The second-order valence-electron chi connectivity index (χ2n) is 4.11. The molecule has 0 fully saturated rings. The second kappa shape index (κ2) is 3.69. The Hall–Kier alpha value is -0.730. The van der Waals surface area contributed by atoms with E-state index in [2.05, 4.69) is 4.99 Å². The summed E-state index contributed by atoms with van der Waals surface area (Å²) < 4.78 is 5.50. The zero-order valence-corrected chi connectivity index (χ0v) is 10.1. The molecule has 15 heavy (non-hydrogen) atoms. The second-order valence-corrected chi connectivity index (χ2v) is 4.93. The van der Waals surface area contributed by atoms with Crippen LogP contribution in [0.5, 0.6) is 0 Å². The average Bonchev–Trinajstić information content (AvgIpc) is 2.46. The van der Waals surface area contributed by atoms with Gasteiger partial charge in [0.05, 0.1) is 21.1 Å². The lowest BCUT2D eigenvalue weighted by Gasteiger charge is -2.07. The van der Waals surface area contributed by atoms with E-state index in [1.807, 2.05) is 13.8 Å². The van der Waals surface area contributed by atoms with Crippen LogP contribution in [0.1, 0.15) is 19.4 Å². The molecule has 0 bridgehead atoms. The van der Waals surface area contributed by atoms with E-state index < -0.39 is 0 Å². The van der Waals surface area contributed by atoms with Crippen LogP contribution in [0.3, 0.4) is 0 Å². The first-order valence-electron chi connectivity index (χ1n) is 4.67. The molecule has 2 rings (SSSR count). The van der Waals surface area contributed by atoms with Gasteiger partial charge in [0.25, 0.3) is 0 Å². The van der Waals surface area contributed by atoms with Crippen molar-refractivity contribution >= 4 is 29.1 Å². The van der Waals surface area contributed by atoms with Crippen LogP contribution in [0, 0.1) is 0 Å².